The van der Waals surface area contributed by atoms with Crippen LogP contribution in [0.15, 0.2) is 48.5 Å². The van der Waals surface area contributed by atoms with Crippen molar-refractivity contribution in [3.63, 3.8) is 0 Å². The number of hydrogen-bond donors (Lipinski definition) is 1. The van der Waals surface area contributed by atoms with E-state index in [0.29, 0.717) is 10.7 Å². The number of likely N-dealkylation sites (N-methyl/N-ethyl adjacent to an activating group) is 1. The maximum absolute atomic E-state index is 12.7. The van der Waals surface area contributed by atoms with Crippen LogP contribution in [0.4, 0.5) is 18.9 Å². The molecule has 2 rings (SSSR count). The normalized spacial score (nSPS) is 12.3. The molecule has 0 aliphatic rings. The summed E-state index contributed by atoms with van der Waals surface area (Å²) in [7, 11) is 1.30. The van der Waals surface area contributed by atoms with E-state index in [4.69, 9.17) is 27.9 Å². The van der Waals surface area contributed by atoms with Gasteiger partial charge in [0.25, 0.3) is 5.91 Å². The van der Waals surface area contributed by atoms with Gasteiger partial charge in [-0.25, -0.2) is 0 Å². The zero-order chi connectivity index (χ0) is 21.6. The highest BCUT2D eigenvalue weighted by Gasteiger charge is 2.33. The highest BCUT2D eigenvalue weighted by atomic mass is 35.5. The summed E-state index contributed by atoms with van der Waals surface area (Å²) in [6, 6.07) is 12.2. The van der Waals surface area contributed by atoms with E-state index < -0.39 is 37.2 Å². The number of carbonyl (C=O) groups excluding carboxylic acids is 2. The predicted molar refractivity (Wildman–Crippen MR) is 104 cm³/mol. The van der Waals surface area contributed by atoms with E-state index in [1.807, 2.05) is 0 Å². The quantitative estimate of drug-likeness (QED) is 0.666. The number of benzene rings is 2. The lowest BCUT2D eigenvalue weighted by atomic mass is 10.1. The van der Waals surface area contributed by atoms with Gasteiger partial charge in [0, 0.05) is 12.7 Å². The van der Waals surface area contributed by atoms with E-state index in [0.717, 1.165) is 4.90 Å². The molecule has 1 atom stereocenters. The van der Waals surface area contributed by atoms with Gasteiger partial charge in [-0.05, 0) is 23.8 Å². The summed E-state index contributed by atoms with van der Waals surface area (Å²) in [4.78, 5) is 25.8. The van der Waals surface area contributed by atoms with E-state index in [1.54, 1.807) is 18.2 Å². The molecule has 0 bridgehead atoms. The van der Waals surface area contributed by atoms with Crippen molar-refractivity contribution in [2.24, 2.45) is 0 Å². The van der Waals surface area contributed by atoms with Crippen LogP contribution in [0.1, 0.15) is 11.7 Å². The maximum Gasteiger partial charge on any atom is 0.411 e. The molecule has 0 spiro atoms. The van der Waals surface area contributed by atoms with Crippen LogP contribution >= 0.6 is 23.2 Å². The van der Waals surface area contributed by atoms with Crippen LogP contribution in [0.2, 0.25) is 10.0 Å². The summed E-state index contributed by atoms with van der Waals surface area (Å²) in [6.45, 7) is -2.00. The summed E-state index contributed by atoms with van der Waals surface area (Å²) in [5.74, 6) is -1.35. The summed E-state index contributed by atoms with van der Waals surface area (Å²) in [5.41, 5.74) is 0.608. The molecule has 0 heterocycles. The number of rotatable bonds is 7. The Morgan fingerprint density at radius 1 is 1.10 bits per heavy atom. The summed E-state index contributed by atoms with van der Waals surface area (Å²) in [5, 5.41) is 3.08. The lowest BCUT2D eigenvalue weighted by Gasteiger charge is -2.24. The van der Waals surface area contributed by atoms with Gasteiger partial charge in [-0.2, -0.15) is 13.2 Å². The zero-order valence-electron chi connectivity index (χ0n) is 15.2. The van der Waals surface area contributed by atoms with Crippen molar-refractivity contribution in [3.8, 4) is 0 Å². The maximum atomic E-state index is 12.7. The predicted octanol–water partition coefficient (Wildman–Crippen LogP) is 4.71. The van der Waals surface area contributed by atoms with Gasteiger partial charge >= 0.3 is 6.18 Å². The van der Waals surface area contributed by atoms with Crippen LogP contribution in [-0.2, 0) is 14.3 Å². The van der Waals surface area contributed by atoms with Crippen LogP contribution in [0, 0.1) is 0 Å². The van der Waals surface area contributed by atoms with Gasteiger partial charge in [-0.3, -0.25) is 9.59 Å². The molecule has 1 N–H and O–H groups in total. The summed E-state index contributed by atoms with van der Waals surface area (Å²) < 4.78 is 42.6. The molecule has 156 valence electrons. The second kappa shape index (κ2) is 9.96. The van der Waals surface area contributed by atoms with Crippen molar-refractivity contribution in [2.75, 3.05) is 25.5 Å². The number of amides is 2. The minimum atomic E-state index is -4.60. The Bertz CT molecular complexity index is 864. The van der Waals surface area contributed by atoms with Crippen molar-refractivity contribution >= 4 is 40.7 Å². The molecule has 0 fully saturated rings. The third-order valence-corrected chi connectivity index (χ3v) is 4.44. The molecule has 0 unspecified atom stereocenters. The van der Waals surface area contributed by atoms with Crippen molar-refractivity contribution < 1.29 is 27.5 Å². The molecule has 2 aromatic carbocycles. The second-order valence-corrected chi connectivity index (χ2v) is 6.90. The van der Waals surface area contributed by atoms with Gasteiger partial charge in [0.1, 0.15) is 6.61 Å². The van der Waals surface area contributed by atoms with Gasteiger partial charge in [0.2, 0.25) is 5.91 Å². The lowest BCUT2D eigenvalue weighted by Crippen LogP contribution is -2.39. The van der Waals surface area contributed by atoms with Crippen molar-refractivity contribution in [1.82, 2.24) is 4.90 Å². The largest absolute Gasteiger partial charge is 0.411 e. The summed E-state index contributed by atoms with van der Waals surface area (Å²) in [6.07, 6.45) is -6.10. The van der Waals surface area contributed by atoms with Crippen LogP contribution < -0.4 is 5.32 Å². The first-order valence-corrected chi connectivity index (χ1v) is 9.05. The molecular weight excluding hydrogens is 432 g/mol. The topological polar surface area (TPSA) is 58.6 Å². The first-order chi connectivity index (χ1) is 13.6. The van der Waals surface area contributed by atoms with E-state index in [9.17, 15) is 22.8 Å². The van der Waals surface area contributed by atoms with Gasteiger partial charge < -0.3 is 15.0 Å². The lowest BCUT2D eigenvalue weighted by molar-refractivity contribution is -0.191. The average molecular weight is 449 g/mol. The molecule has 5 nitrogen and oxygen atoms in total. The molecule has 0 saturated carbocycles. The molecule has 0 saturated heterocycles. The molecule has 0 aliphatic carbocycles. The fraction of sp³-hybridized carbons (Fsp3) is 0.263. The molecule has 2 aromatic rings. The number of nitrogens with one attached hydrogen (secondary N) is 1. The number of anilines is 1. The Morgan fingerprint density at radius 2 is 1.76 bits per heavy atom. The molecular formula is C19H17Cl2F3N2O3. The summed E-state index contributed by atoms with van der Waals surface area (Å²) >= 11 is 11.7. The van der Waals surface area contributed by atoms with Gasteiger partial charge in [-0.15, -0.1) is 0 Å². The van der Waals surface area contributed by atoms with Gasteiger partial charge in [0.05, 0.1) is 16.6 Å². The molecule has 0 aliphatic heterocycles. The highest BCUT2D eigenvalue weighted by molar-refractivity contribution is 6.42. The first-order valence-electron chi connectivity index (χ1n) is 8.30. The SMILES string of the molecule is CN(CC(=O)Nc1ccc(Cl)c(Cl)c1)C(=O)[C@@H](OCC(F)(F)F)c1ccccc1. The number of ether oxygens (including phenoxy) is 1. The monoisotopic (exact) mass is 448 g/mol. The van der Waals surface area contributed by atoms with Crippen molar-refractivity contribution in [1.29, 1.82) is 0 Å². The van der Waals surface area contributed by atoms with Crippen LogP contribution in [0.5, 0.6) is 0 Å². The highest BCUT2D eigenvalue weighted by Crippen LogP contribution is 2.26. The molecule has 29 heavy (non-hydrogen) atoms. The van der Waals surface area contributed by atoms with Gasteiger partial charge in [0.15, 0.2) is 6.10 Å². The van der Waals surface area contributed by atoms with Gasteiger partial charge in [-0.1, -0.05) is 53.5 Å². The third kappa shape index (κ3) is 7.23. The van der Waals surface area contributed by atoms with E-state index in [1.165, 1.54) is 37.4 Å². The van der Waals surface area contributed by atoms with E-state index in [-0.39, 0.29) is 10.6 Å². The minimum absolute atomic E-state index is 0.235. The number of nitrogens with zero attached hydrogens (tertiary/aromatic N) is 1. The standard InChI is InChI=1S/C19H17Cl2F3N2O3/c1-26(10-16(27)25-13-7-8-14(20)15(21)9-13)18(28)17(29-11-19(22,23)24)12-5-3-2-4-6-12/h2-9,17H,10-11H2,1H3,(H,25,27)/t17-/m0/s1. The molecule has 10 heteroatoms. The van der Waals surface area contributed by atoms with E-state index >= 15 is 0 Å². The molecule has 0 radical (unpaired) electrons. The Hall–Kier alpha value is -2.29. The molecule has 2 amide bonds. The fourth-order valence-corrected chi connectivity index (χ4v) is 2.68. The van der Waals surface area contributed by atoms with E-state index in [2.05, 4.69) is 5.32 Å². The van der Waals surface area contributed by atoms with Crippen molar-refractivity contribution in [2.45, 2.75) is 12.3 Å². The number of halogens is 5. The fourth-order valence-electron chi connectivity index (χ4n) is 2.38. The Morgan fingerprint density at radius 3 is 2.34 bits per heavy atom. The first kappa shape index (κ1) is 23.0. The zero-order valence-corrected chi connectivity index (χ0v) is 16.7. The number of alkyl halides is 3. The molecule has 0 aromatic heterocycles. The van der Waals surface area contributed by atoms with Crippen molar-refractivity contribution in [3.05, 3.63) is 64.1 Å². The second-order valence-electron chi connectivity index (χ2n) is 6.09. The number of hydrogen-bond acceptors (Lipinski definition) is 3. The minimum Gasteiger partial charge on any atom is -0.354 e. The Kier molecular flexibility index (Phi) is 7.89. The average Bonchev–Trinajstić information content (AvgIpc) is 2.64. The Balaban J connectivity index is 2.06. The Labute approximate surface area is 175 Å². The smallest absolute Gasteiger partial charge is 0.354 e. The van der Waals surface area contributed by atoms with Crippen LogP contribution in [0.25, 0.3) is 0 Å². The van der Waals surface area contributed by atoms with Crippen LogP contribution in [0.3, 0.4) is 0 Å². The van der Waals surface area contributed by atoms with Crippen LogP contribution in [-0.4, -0.2) is 43.1 Å². The number of carbonyl (C=O) groups is 2. The third-order valence-electron chi connectivity index (χ3n) is 3.70.